The van der Waals surface area contributed by atoms with Crippen LogP contribution in [0.5, 0.6) is 0 Å². The predicted molar refractivity (Wildman–Crippen MR) is 260 cm³/mol. The van der Waals surface area contributed by atoms with Gasteiger partial charge in [0, 0.05) is 43.8 Å². The zero-order valence-electron chi connectivity index (χ0n) is 44.2. The third kappa shape index (κ3) is 8.09. The van der Waals surface area contributed by atoms with Crippen molar-refractivity contribution in [1.29, 1.82) is 0 Å². The van der Waals surface area contributed by atoms with Gasteiger partial charge in [0.25, 0.3) is 0 Å². The summed E-state index contributed by atoms with van der Waals surface area (Å²) >= 11 is 0. The van der Waals surface area contributed by atoms with Crippen molar-refractivity contribution < 1.29 is 66.7 Å². The quantitative estimate of drug-likeness (QED) is 0.0874. The van der Waals surface area contributed by atoms with Gasteiger partial charge >= 0.3 is 41.8 Å². The second kappa shape index (κ2) is 17.6. The lowest BCUT2D eigenvalue weighted by molar-refractivity contribution is -0.235. The molecular formula is C59H80O14. The van der Waals surface area contributed by atoms with E-state index in [0.717, 1.165) is 77.0 Å². The number of cyclic esters (lactones) is 2. The van der Waals surface area contributed by atoms with Gasteiger partial charge in [-0.05, 0) is 197 Å². The smallest absolute Gasteiger partial charge is 0.333 e. The molecule has 17 atom stereocenters. The van der Waals surface area contributed by atoms with Crippen molar-refractivity contribution >= 4 is 41.8 Å². The second-order valence-electron chi connectivity index (χ2n) is 27.7. The molecule has 6 heterocycles. The monoisotopic (exact) mass is 1010 g/mol. The average Bonchev–Trinajstić information content (AvgIpc) is 3.93. The van der Waals surface area contributed by atoms with Crippen LogP contribution in [-0.2, 0) is 66.7 Å². The Morgan fingerprint density at radius 1 is 0.616 bits per heavy atom. The molecule has 0 aromatic rings. The molecule has 6 aliphatic heterocycles. The van der Waals surface area contributed by atoms with Crippen molar-refractivity contribution in [3.8, 4) is 0 Å². The first-order chi connectivity index (χ1) is 34.6. The maximum absolute atomic E-state index is 15.6. The van der Waals surface area contributed by atoms with Crippen LogP contribution in [0.4, 0.5) is 0 Å². The number of rotatable bonds is 10. The van der Waals surface area contributed by atoms with Crippen molar-refractivity contribution in [1.82, 2.24) is 0 Å². The fourth-order valence-corrected chi connectivity index (χ4v) is 19.6. The molecule has 17 unspecified atom stereocenters. The number of ether oxygens (including phenoxy) is 7. The molecule has 16 aliphatic rings. The van der Waals surface area contributed by atoms with Crippen molar-refractivity contribution in [2.45, 2.75) is 205 Å². The molecule has 0 amide bonds. The Kier molecular flexibility index (Phi) is 12.1. The molecule has 0 N–H and O–H groups in total. The number of carbonyl (C=O) groups is 7. The highest BCUT2D eigenvalue weighted by atomic mass is 16.6. The molecule has 400 valence electrons. The maximum Gasteiger partial charge on any atom is 0.333 e. The van der Waals surface area contributed by atoms with Crippen LogP contribution in [0.15, 0.2) is 12.2 Å². The summed E-state index contributed by atoms with van der Waals surface area (Å²) in [6.45, 7) is 15.5. The Morgan fingerprint density at radius 2 is 1.18 bits per heavy atom. The first-order valence-corrected chi connectivity index (χ1v) is 28.7. The number of carbonyl (C=O) groups excluding carboxylic acids is 7. The molecule has 10 saturated carbocycles. The standard InChI is InChI=1S/C45H62O10.C14H18O4/c1-22-26-8-9-27(18-26)33(22)34-35(39(48)53-38(34)47)36-32(7-6-10-51-36)43(4,41(50)54-44(5)29-13-23-11-24(15-29)16-30(44)14-23)42(2,3)40(49)55-45-19-25-12-28(20-45)37(46)52-31(17-25)21-45;1-8(2)12(15)18-14-5-9-3-10(6-14)13(16)17-11(4-9)7-14/h22-36H,6-21H2,1-5H3;9-11H,1,3-7H2,2H3. The Hall–Kier alpha value is -3.81. The molecule has 0 spiro atoms. The van der Waals surface area contributed by atoms with Gasteiger partial charge in [-0.2, -0.15) is 0 Å². The van der Waals surface area contributed by atoms with Gasteiger partial charge in [0.15, 0.2) is 0 Å². The van der Waals surface area contributed by atoms with Gasteiger partial charge in [-0.25, -0.2) is 4.79 Å². The second-order valence-corrected chi connectivity index (χ2v) is 27.7. The van der Waals surface area contributed by atoms with Gasteiger partial charge < -0.3 is 33.2 Å². The highest BCUT2D eigenvalue weighted by Gasteiger charge is 2.69. The van der Waals surface area contributed by atoms with E-state index in [0.29, 0.717) is 86.7 Å². The van der Waals surface area contributed by atoms with E-state index in [9.17, 15) is 24.0 Å². The molecule has 0 aromatic heterocycles. The third-order valence-electron chi connectivity index (χ3n) is 23.1. The lowest BCUT2D eigenvalue weighted by Crippen LogP contribution is -2.64. The summed E-state index contributed by atoms with van der Waals surface area (Å²) in [5.74, 6) is -1.36. The normalized spacial score (nSPS) is 48.1. The molecular weight excluding hydrogens is 933 g/mol. The summed E-state index contributed by atoms with van der Waals surface area (Å²) in [6, 6.07) is 0. The van der Waals surface area contributed by atoms with E-state index in [4.69, 9.17) is 33.2 Å². The van der Waals surface area contributed by atoms with E-state index in [2.05, 4.69) is 20.4 Å². The number of hydrogen-bond acceptors (Lipinski definition) is 14. The van der Waals surface area contributed by atoms with E-state index in [-0.39, 0.29) is 71.5 Å². The maximum atomic E-state index is 15.6. The summed E-state index contributed by atoms with van der Waals surface area (Å²) in [7, 11) is 0. The molecule has 73 heavy (non-hydrogen) atoms. The van der Waals surface area contributed by atoms with Gasteiger partial charge in [0.1, 0.15) is 29.0 Å². The van der Waals surface area contributed by atoms with Gasteiger partial charge in [0.05, 0.1) is 40.6 Å². The van der Waals surface area contributed by atoms with Gasteiger partial charge in [-0.1, -0.05) is 13.5 Å². The van der Waals surface area contributed by atoms with Crippen LogP contribution in [0.1, 0.15) is 170 Å². The van der Waals surface area contributed by atoms with Crippen LogP contribution in [0.2, 0.25) is 0 Å². The summed E-state index contributed by atoms with van der Waals surface area (Å²) < 4.78 is 42.9. The van der Waals surface area contributed by atoms with Crippen molar-refractivity contribution in [2.24, 2.45) is 99.6 Å². The van der Waals surface area contributed by atoms with Crippen LogP contribution in [0.3, 0.4) is 0 Å². The fourth-order valence-electron chi connectivity index (χ4n) is 19.6. The molecule has 14 bridgehead atoms. The molecule has 14 nitrogen and oxygen atoms in total. The van der Waals surface area contributed by atoms with Crippen molar-refractivity contribution in [3.05, 3.63) is 12.2 Å². The lowest BCUT2D eigenvalue weighted by Gasteiger charge is -2.60. The summed E-state index contributed by atoms with van der Waals surface area (Å²) in [5.41, 5.74) is -4.50. The van der Waals surface area contributed by atoms with E-state index in [1.807, 2.05) is 20.8 Å². The van der Waals surface area contributed by atoms with Gasteiger partial charge in [-0.3, -0.25) is 28.8 Å². The predicted octanol–water partition coefficient (Wildman–Crippen LogP) is 8.97. The van der Waals surface area contributed by atoms with Gasteiger partial charge in [-0.15, -0.1) is 0 Å². The molecule has 6 saturated heterocycles. The summed E-state index contributed by atoms with van der Waals surface area (Å²) in [6.07, 6.45) is 15.8. The molecule has 10 aliphatic carbocycles. The van der Waals surface area contributed by atoms with Crippen LogP contribution in [0, 0.1) is 99.6 Å². The SMILES string of the molecule is C=C(C)C(=O)OC12CC3CC(C1)OC(=O)C(C3)C2.CC1C2CCC(C2)C1C1C(=O)OC(=O)C1C1OCCCC1C(C)(C(=O)OC1(C)C2CC3CC(C2)CC1C3)C(C)(C)C(=O)OC12CC3CC(C1)OC(=O)C(C3)C2. The van der Waals surface area contributed by atoms with Crippen molar-refractivity contribution in [2.75, 3.05) is 6.61 Å². The Morgan fingerprint density at radius 3 is 1.74 bits per heavy atom. The fraction of sp³-hybridized carbons (Fsp3) is 0.847. The minimum atomic E-state index is -1.49. The first-order valence-electron chi connectivity index (χ1n) is 28.7. The zero-order valence-corrected chi connectivity index (χ0v) is 44.2. The van der Waals surface area contributed by atoms with E-state index < -0.39 is 75.4 Å². The zero-order chi connectivity index (χ0) is 51.3. The van der Waals surface area contributed by atoms with E-state index in [1.165, 1.54) is 6.42 Å². The third-order valence-corrected chi connectivity index (χ3v) is 23.1. The Bertz CT molecular complexity index is 2320. The molecule has 16 fully saturated rings. The average molecular weight is 1010 g/mol. The van der Waals surface area contributed by atoms with Crippen molar-refractivity contribution in [3.63, 3.8) is 0 Å². The van der Waals surface area contributed by atoms with E-state index in [1.54, 1.807) is 6.92 Å². The van der Waals surface area contributed by atoms with Crippen LogP contribution in [0.25, 0.3) is 0 Å². The van der Waals surface area contributed by atoms with Crippen LogP contribution >= 0.6 is 0 Å². The minimum Gasteiger partial charge on any atom is -0.462 e. The van der Waals surface area contributed by atoms with Gasteiger partial charge in [0.2, 0.25) is 0 Å². The topological polar surface area (TPSA) is 184 Å². The minimum absolute atomic E-state index is 0.0157. The van der Waals surface area contributed by atoms with Crippen LogP contribution in [-0.4, -0.2) is 83.5 Å². The molecule has 16 rings (SSSR count). The van der Waals surface area contributed by atoms with Crippen LogP contribution < -0.4 is 0 Å². The summed E-state index contributed by atoms with van der Waals surface area (Å²) in [5, 5.41) is 0. The molecule has 14 heteroatoms. The number of fused-ring (bicyclic) bond motifs is 4. The molecule has 0 aromatic carbocycles. The first kappa shape index (κ1) is 50.0. The summed E-state index contributed by atoms with van der Waals surface area (Å²) in [4.78, 5) is 95.2. The number of esters is 7. The highest BCUT2D eigenvalue weighted by molar-refractivity contribution is 5.97. The highest BCUT2D eigenvalue weighted by Crippen LogP contribution is 2.64. The van der Waals surface area contributed by atoms with E-state index >= 15 is 9.59 Å². The largest absolute Gasteiger partial charge is 0.462 e. The molecule has 0 radical (unpaired) electrons. The lowest BCUT2D eigenvalue weighted by atomic mass is 9.50. The Labute approximate surface area is 430 Å². The Balaban J connectivity index is 0.000000253. The number of hydrogen-bond donors (Lipinski definition) is 0.